The molecular formula is C28H20O8. The molecule has 0 aliphatic rings. The number of benzene rings is 3. The van der Waals surface area contributed by atoms with Gasteiger partial charge in [0.2, 0.25) is 0 Å². The van der Waals surface area contributed by atoms with Crippen LogP contribution in [0.1, 0.15) is 23.5 Å². The fraction of sp³-hybridized carbons (Fsp3) is 0.107. The van der Waals surface area contributed by atoms with Gasteiger partial charge in [-0.25, -0.2) is 0 Å². The van der Waals surface area contributed by atoms with Crippen molar-refractivity contribution in [3.63, 3.8) is 0 Å². The van der Waals surface area contributed by atoms with E-state index in [-0.39, 0.29) is 39.7 Å². The van der Waals surface area contributed by atoms with Gasteiger partial charge in [-0.05, 0) is 12.1 Å². The summed E-state index contributed by atoms with van der Waals surface area (Å²) >= 11 is 0. The van der Waals surface area contributed by atoms with Crippen molar-refractivity contribution in [1.82, 2.24) is 0 Å². The first-order chi connectivity index (χ1) is 17.4. The highest BCUT2D eigenvalue weighted by Gasteiger charge is 2.30. The molecule has 0 amide bonds. The topological polar surface area (TPSA) is 127 Å². The Balaban J connectivity index is 1.85. The highest BCUT2D eigenvalue weighted by molar-refractivity contribution is 5.91. The highest BCUT2D eigenvalue weighted by Crippen LogP contribution is 2.42. The smallest absolute Gasteiger partial charge is 0.306 e. The fourth-order valence-corrected chi connectivity index (χ4v) is 4.35. The second-order valence-corrected chi connectivity index (χ2v) is 8.22. The Bertz CT molecular complexity index is 1730. The molecule has 2 heterocycles. The van der Waals surface area contributed by atoms with Crippen molar-refractivity contribution in [3.05, 3.63) is 105 Å². The van der Waals surface area contributed by atoms with E-state index in [1.54, 1.807) is 54.6 Å². The zero-order chi connectivity index (χ0) is 25.4. The molecule has 2 aromatic heterocycles. The maximum absolute atomic E-state index is 13.4. The maximum Gasteiger partial charge on any atom is 0.306 e. The van der Waals surface area contributed by atoms with Crippen molar-refractivity contribution in [2.45, 2.75) is 12.3 Å². The average molecular weight is 484 g/mol. The Kier molecular flexibility index (Phi) is 5.77. The van der Waals surface area contributed by atoms with Gasteiger partial charge in [0.25, 0.3) is 0 Å². The van der Waals surface area contributed by atoms with E-state index in [1.165, 1.54) is 19.4 Å². The summed E-state index contributed by atoms with van der Waals surface area (Å²) in [6, 6.07) is 17.6. The van der Waals surface area contributed by atoms with E-state index >= 15 is 0 Å². The molecule has 1 atom stereocenters. The second kappa shape index (κ2) is 9.07. The normalized spacial score (nSPS) is 12.0. The summed E-state index contributed by atoms with van der Waals surface area (Å²) < 4.78 is 16.6. The summed E-state index contributed by atoms with van der Waals surface area (Å²) in [6.45, 7) is 0. The molecule has 5 aromatic rings. The van der Waals surface area contributed by atoms with Crippen LogP contribution in [0.15, 0.2) is 91.4 Å². The van der Waals surface area contributed by atoms with Crippen LogP contribution in [0.25, 0.3) is 33.3 Å². The van der Waals surface area contributed by atoms with Gasteiger partial charge in [0.1, 0.15) is 33.8 Å². The minimum Gasteiger partial charge on any atom is -0.507 e. The third kappa shape index (κ3) is 3.88. The second-order valence-electron chi connectivity index (χ2n) is 8.22. The lowest BCUT2D eigenvalue weighted by molar-refractivity contribution is -0.140. The van der Waals surface area contributed by atoms with Gasteiger partial charge in [-0.2, -0.15) is 0 Å². The number of aromatic hydroxyl groups is 2. The summed E-state index contributed by atoms with van der Waals surface area (Å²) in [5.41, 5.74) is -0.176. The lowest BCUT2D eigenvalue weighted by Gasteiger charge is -2.19. The van der Waals surface area contributed by atoms with Gasteiger partial charge in [-0.3, -0.25) is 14.4 Å². The first kappa shape index (κ1) is 22.9. The van der Waals surface area contributed by atoms with Crippen molar-refractivity contribution in [2.24, 2.45) is 0 Å². The molecule has 180 valence electrons. The third-order valence-electron chi connectivity index (χ3n) is 6.09. The van der Waals surface area contributed by atoms with Gasteiger partial charge in [0, 0.05) is 34.7 Å². The Labute approximate surface area is 203 Å². The molecule has 8 nitrogen and oxygen atoms in total. The maximum atomic E-state index is 13.4. The van der Waals surface area contributed by atoms with Crippen LogP contribution in [0.3, 0.4) is 0 Å². The minimum absolute atomic E-state index is 0.0225. The molecule has 0 fully saturated rings. The Morgan fingerprint density at radius 2 is 1.69 bits per heavy atom. The summed E-state index contributed by atoms with van der Waals surface area (Å²) in [7, 11) is 1.20. The zero-order valence-corrected chi connectivity index (χ0v) is 19.1. The molecule has 0 saturated carbocycles. The van der Waals surface area contributed by atoms with Crippen LogP contribution < -0.4 is 10.9 Å². The van der Waals surface area contributed by atoms with E-state index in [1.807, 2.05) is 0 Å². The molecule has 0 spiro atoms. The molecule has 0 aliphatic carbocycles. The summed E-state index contributed by atoms with van der Waals surface area (Å²) in [4.78, 5) is 38.9. The van der Waals surface area contributed by atoms with Crippen molar-refractivity contribution >= 4 is 27.9 Å². The van der Waals surface area contributed by atoms with Crippen LogP contribution in [0.2, 0.25) is 0 Å². The van der Waals surface area contributed by atoms with E-state index < -0.39 is 34.2 Å². The number of esters is 1. The molecule has 36 heavy (non-hydrogen) atoms. The van der Waals surface area contributed by atoms with Gasteiger partial charge in [0.05, 0.1) is 25.2 Å². The fourth-order valence-electron chi connectivity index (χ4n) is 4.35. The summed E-state index contributed by atoms with van der Waals surface area (Å²) in [6.07, 6.45) is 0.849. The first-order valence-electron chi connectivity index (χ1n) is 11.0. The summed E-state index contributed by atoms with van der Waals surface area (Å²) in [5, 5.41) is 21.5. The molecule has 0 radical (unpaired) electrons. The molecule has 0 saturated heterocycles. The van der Waals surface area contributed by atoms with Crippen molar-refractivity contribution < 1.29 is 28.6 Å². The number of methoxy groups -OCH3 is 1. The quantitative estimate of drug-likeness (QED) is 0.345. The van der Waals surface area contributed by atoms with Gasteiger partial charge in [-0.1, -0.05) is 42.5 Å². The van der Waals surface area contributed by atoms with Gasteiger partial charge in [-0.15, -0.1) is 0 Å². The van der Waals surface area contributed by atoms with Crippen molar-refractivity contribution in [1.29, 1.82) is 0 Å². The van der Waals surface area contributed by atoms with Crippen molar-refractivity contribution in [2.75, 3.05) is 7.11 Å². The third-order valence-corrected chi connectivity index (χ3v) is 6.09. The van der Waals surface area contributed by atoms with Gasteiger partial charge < -0.3 is 23.8 Å². The molecule has 8 heteroatoms. The number of phenolic OH excluding ortho intramolecular Hbond substituents is 2. The van der Waals surface area contributed by atoms with Crippen LogP contribution in [0.4, 0.5) is 0 Å². The molecule has 0 unspecified atom stereocenters. The van der Waals surface area contributed by atoms with E-state index in [0.29, 0.717) is 11.1 Å². The number of carbonyl (C=O) groups is 1. The van der Waals surface area contributed by atoms with Crippen LogP contribution in [-0.4, -0.2) is 23.3 Å². The first-order valence-corrected chi connectivity index (χ1v) is 11.0. The van der Waals surface area contributed by atoms with Crippen LogP contribution in [0, 0.1) is 0 Å². The monoisotopic (exact) mass is 484 g/mol. The molecule has 3 aromatic carbocycles. The zero-order valence-electron chi connectivity index (χ0n) is 19.1. The molecular weight excluding hydrogens is 464 g/mol. The van der Waals surface area contributed by atoms with E-state index in [9.17, 15) is 24.6 Å². The number of carbonyl (C=O) groups excluding carboxylic acids is 1. The number of phenols is 2. The number of fused-ring (bicyclic) bond motifs is 2. The standard InChI is InChI=1S/C28H20O8/c1-34-24(32)11-17(18-14-35-22-10-6-5-9-16(22)27(18)33)25-19(29)12-20(30)26-21(31)13-23(36-28(25)26)15-7-3-2-4-8-15/h2-10,12-14,17,29-30H,11H2,1H3/t17-/m1/s1. The van der Waals surface area contributed by atoms with Gasteiger partial charge in [0.15, 0.2) is 10.9 Å². The predicted octanol–water partition coefficient (Wildman–Crippen LogP) is 4.67. The molecule has 0 bridgehead atoms. The Hall–Kier alpha value is -4.85. The largest absolute Gasteiger partial charge is 0.507 e. The Morgan fingerprint density at radius 1 is 0.972 bits per heavy atom. The SMILES string of the molecule is COC(=O)C[C@H](c1coc2ccccc2c1=O)c1c(O)cc(O)c2c(=O)cc(-c3ccccc3)oc12. The lowest BCUT2D eigenvalue weighted by atomic mass is 9.86. The molecule has 2 N–H and O–H groups in total. The van der Waals surface area contributed by atoms with E-state index in [2.05, 4.69) is 0 Å². The van der Waals surface area contributed by atoms with Crippen molar-refractivity contribution in [3.8, 4) is 22.8 Å². The van der Waals surface area contributed by atoms with Crippen LogP contribution in [0.5, 0.6) is 11.5 Å². The molecule has 5 rings (SSSR count). The predicted molar refractivity (Wildman–Crippen MR) is 132 cm³/mol. The number of ether oxygens (including phenoxy) is 1. The lowest BCUT2D eigenvalue weighted by Crippen LogP contribution is -2.19. The van der Waals surface area contributed by atoms with E-state index in [4.69, 9.17) is 13.6 Å². The highest BCUT2D eigenvalue weighted by atomic mass is 16.5. The van der Waals surface area contributed by atoms with Crippen LogP contribution >= 0.6 is 0 Å². The molecule has 0 aliphatic heterocycles. The average Bonchev–Trinajstić information content (AvgIpc) is 2.88. The van der Waals surface area contributed by atoms with E-state index in [0.717, 1.165) is 6.07 Å². The number of rotatable bonds is 5. The van der Waals surface area contributed by atoms with Gasteiger partial charge >= 0.3 is 5.97 Å². The summed E-state index contributed by atoms with van der Waals surface area (Å²) in [5.74, 6) is -2.57. The van der Waals surface area contributed by atoms with Crippen LogP contribution in [-0.2, 0) is 9.53 Å². The number of para-hydroxylation sites is 1. The Morgan fingerprint density at radius 3 is 2.44 bits per heavy atom. The number of hydrogen-bond donors (Lipinski definition) is 2. The minimum atomic E-state index is -1.12. The number of hydrogen-bond acceptors (Lipinski definition) is 8.